The maximum atomic E-state index is 12.1. The van der Waals surface area contributed by atoms with Crippen molar-refractivity contribution >= 4 is 11.7 Å². The highest BCUT2D eigenvalue weighted by molar-refractivity contribution is 5.92. The summed E-state index contributed by atoms with van der Waals surface area (Å²) in [6.07, 6.45) is 0. The molecule has 3 rings (SSSR count). The van der Waals surface area contributed by atoms with Gasteiger partial charge in [-0.1, -0.05) is 24.3 Å². The number of hydrogen-bond donors (Lipinski definition) is 2. The Balaban J connectivity index is 1.71. The summed E-state index contributed by atoms with van der Waals surface area (Å²) in [5, 5.41) is 24.9. The van der Waals surface area contributed by atoms with E-state index in [2.05, 4.69) is 22.8 Å². The van der Waals surface area contributed by atoms with Gasteiger partial charge in [-0.2, -0.15) is 10.5 Å². The van der Waals surface area contributed by atoms with Crippen LogP contribution in [0.25, 0.3) is 0 Å². The molecule has 0 bridgehead atoms. The number of nitriles is 2. The number of urea groups is 1. The Morgan fingerprint density at radius 2 is 1.96 bits per heavy atom. The number of nitrogens with zero attached hydrogens (tertiary/aromatic N) is 3. The lowest BCUT2D eigenvalue weighted by molar-refractivity contribution is 0.210. The molecule has 0 fully saturated rings. The first kappa shape index (κ1) is 19.4. The Labute approximate surface area is 165 Å². The summed E-state index contributed by atoms with van der Waals surface area (Å²) in [4.78, 5) is 13.9. The van der Waals surface area contributed by atoms with E-state index in [1.165, 1.54) is 0 Å². The van der Waals surface area contributed by atoms with Crippen LogP contribution in [-0.2, 0) is 18.5 Å². The third kappa shape index (κ3) is 3.98. The molecule has 0 saturated carbocycles. The van der Waals surface area contributed by atoms with Crippen molar-refractivity contribution in [1.29, 1.82) is 10.5 Å². The van der Waals surface area contributed by atoms with E-state index in [0.717, 1.165) is 22.4 Å². The Bertz CT molecular complexity index is 954. The summed E-state index contributed by atoms with van der Waals surface area (Å²) in [6, 6.07) is 17.7. The van der Waals surface area contributed by atoms with E-state index < -0.39 is 5.41 Å². The Morgan fingerprint density at radius 3 is 2.61 bits per heavy atom. The second-order valence-corrected chi connectivity index (χ2v) is 7.17. The lowest BCUT2D eigenvalue weighted by Crippen LogP contribution is -2.39. The summed E-state index contributed by atoms with van der Waals surface area (Å²) in [5.41, 5.74) is 3.65. The maximum absolute atomic E-state index is 12.1. The van der Waals surface area contributed by atoms with Crippen LogP contribution in [0.5, 0.6) is 0 Å². The summed E-state index contributed by atoms with van der Waals surface area (Å²) >= 11 is 0. The minimum absolute atomic E-state index is 0.107. The van der Waals surface area contributed by atoms with Crippen molar-refractivity contribution in [2.45, 2.75) is 32.4 Å². The molecule has 0 saturated heterocycles. The van der Waals surface area contributed by atoms with Crippen LogP contribution in [-0.4, -0.2) is 24.0 Å². The van der Waals surface area contributed by atoms with Gasteiger partial charge in [0.15, 0.2) is 0 Å². The summed E-state index contributed by atoms with van der Waals surface area (Å²) in [7, 11) is 0. The van der Waals surface area contributed by atoms with Gasteiger partial charge in [-0.05, 0) is 48.7 Å². The highest BCUT2D eigenvalue weighted by Gasteiger charge is 2.29. The van der Waals surface area contributed by atoms with Gasteiger partial charge in [0.1, 0.15) is 0 Å². The van der Waals surface area contributed by atoms with E-state index in [9.17, 15) is 10.1 Å². The molecule has 0 radical (unpaired) electrons. The molecular formula is C22H23N5O. The second kappa shape index (κ2) is 8.12. The number of anilines is 1. The van der Waals surface area contributed by atoms with E-state index in [4.69, 9.17) is 5.26 Å². The van der Waals surface area contributed by atoms with Crippen LogP contribution in [0.4, 0.5) is 10.5 Å². The van der Waals surface area contributed by atoms with Gasteiger partial charge in [0.2, 0.25) is 0 Å². The monoisotopic (exact) mass is 373 g/mol. The second-order valence-electron chi connectivity index (χ2n) is 7.17. The molecule has 2 aromatic rings. The standard InChI is InChI=1S/C22H23N5O/c1-3-27-13-18-8-9-19(10-20(18)26-21(27)28)22(2,14-24)15-25-12-17-6-4-16(11-23)5-7-17/h4-10,25H,3,12-13,15H2,1-2H3,(H,26,28). The van der Waals surface area contributed by atoms with Crippen LogP contribution in [0.2, 0.25) is 0 Å². The molecule has 2 aromatic carbocycles. The van der Waals surface area contributed by atoms with Crippen LogP contribution < -0.4 is 10.6 Å². The molecule has 0 aliphatic carbocycles. The predicted octanol–water partition coefficient (Wildman–Crippen LogP) is 3.50. The number of hydrogen-bond acceptors (Lipinski definition) is 4. The molecular weight excluding hydrogens is 350 g/mol. The van der Waals surface area contributed by atoms with Gasteiger partial charge < -0.3 is 15.5 Å². The molecule has 28 heavy (non-hydrogen) atoms. The molecule has 2 N–H and O–H groups in total. The van der Waals surface area contributed by atoms with E-state index in [1.807, 2.05) is 44.2 Å². The first-order chi connectivity index (χ1) is 13.5. The predicted molar refractivity (Wildman–Crippen MR) is 107 cm³/mol. The van der Waals surface area contributed by atoms with Gasteiger partial charge in [-0.15, -0.1) is 0 Å². The summed E-state index contributed by atoms with van der Waals surface area (Å²) in [5.74, 6) is 0. The highest BCUT2D eigenvalue weighted by atomic mass is 16.2. The molecule has 1 unspecified atom stereocenters. The molecule has 1 atom stereocenters. The molecule has 142 valence electrons. The lowest BCUT2D eigenvalue weighted by atomic mass is 9.83. The fraction of sp³-hybridized carbons (Fsp3) is 0.318. The molecule has 2 amide bonds. The van der Waals surface area contributed by atoms with E-state index in [1.54, 1.807) is 17.0 Å². The fourth-order valence-corrected chi connectivity index (χ4v) is 3.26. The molecule has 0 spiro atoms. The molecule has 6 heteroatoms. The third-order valence-corrected chi connectivity index (χ3v) is 5.16. The largest absolute Gasteiger partial charge is 0.322 e. The van der Waals surface area contributed by atoms with Crippen LogP contribution >= 0.6 is 0 Å². The van der Waals surface area contributed by atoms with Gasteiger partial charge in [-0.3, -0.25) is 0 Å². The van der Waals surface area contributed by atoms with Crippen molar-refractivity contribution in [2.75, 3.05) is 18.4 Å². The normalized spacial score (nSPS) is 15.0. The van der Waals surface area contributed by atoms with Crippen molar-refractivity contribution in [3.63, 3.8) is 0 Å². The Hall–Kier alpha value is -3.35. The number of amides is 2. The lowest BCUT2D eigenvalue weighted by Gasteiger charge is -2.30. The summed E-state index contributed by atoms with van der Waals surface area (Å²) < 4.78 is 0. The zero-order valence-electron chi connectivity index (χ0n) is 16.1. The summed E-state index contributed by atoms with van der Waals surface area (Å²) in [6.45, 7) is 6.16. The van der Waals surface area contributed by atoms with E-state index in [0.29, 0.717) is 31.7 Å². The van der Waals surface area contributed by atoms with Crippen molar-refractivity contribution in [3.05, 3.63) is 64.7 Å². The van der Waals surface area contributed by atoms with Crippen molar-refractivity contribution in [3.8, 4) is 12.1 Å². The van der Waals surface area contributed by atoms with Crippen LogP contribution in [0, 0.1) is 22.7 Å². The molecule has 1 aliphatic heterocycles. The fourth-order valence-electron chi connectivity index (χ4n) is 3.26. The van der Waals surface area contributed by atoms with Gasteiger partial charge in [0.25, 0.3) is 0 Å². The van der Waals surface area contributed by atoms with Crippen LogP contribution in [0.3, 0.4) is 0 Å². The smallest absolute Gasteiger partial charge is 0.320 e. The molecule has 1 heterocycles. The minimum atomic E-state index is -0.728. The number of carbonyl (C=O) groups is 1. The van der Waals surface area contributed by atoms with Crippen LogP contribution in [0.1, 0.15) is 36.1 Å². The molecule has 6 nitrogen and oxygen atoms in total. The topological polar surface area (TPSA) is 91.9 Å². The zero-order valence-corrected chi connectivity index (χ0v) is 16.1. The average Bonchev–Trinajstić information content (AvgIpc) is 2.73. The number of carbonyl (C=O) groups excluding carboxylic acids is 1. The zero-order chi connectivity index (χ0) is 20.1. The van der Waals surface area contributed by atoms with Crippen LogP contribution in [0.15, 0.2) is 42.5 Å². The van der Waals surface area contributed by atoms with Crippen molar-refractivity contribution in [1.82, 2.24) is 10.2 Å². The average molecular weight is 373 g/mol. The number of nitrogens with one attached hydrogen (secondary N) is 2. The van der Waals surface area contributed by atoms with Gasteiger partial charge in [0.05, 0.1) is 23.1 Å². The number of benzene rings is 2. The number of rotatable bonds is 6. The quantitative estimate of drug-likeness (QED) is 0.811. The van der Waals surface area contributed by atoms with Gasteiger partial charge >= 0.3 is 6.03 Å². The first-order valence-electron chi connectivity index (χ1n) is 9.29. The van der Waals surface area contributed by atoms with Gasteiger partial charge in [-0.25, -0.2) is 4.79 Å². The number of fused-ring (bicyclic) bond motifs is 1. The highest BCUT2D eigenvalue weighted by Crippen LogP contribution is 2.30. The third-order valence-electron chi connectivity index (χ3n) is 5.16. The minimum Gasteiger partial charge on any atom is -0.320 e. The van der Waals surface area contributed by atoms with E-state index in [-0.39, 0.29) is 6.03 Å². The maximum Gasteiger partial charge on any atom is 0.322 e. The van der Waals surface area contributed by atoms with Gasteiger partial charge in [0, 0.05) is 31.9 Å². The van der Waals surface area contributed by atoms with E-state index >= 15 is 0 Å². The SMILES string of the molecule is CCN1Cc2ccc(C(C)(C#N)CNCc3ccc(C#N)cc3)cc2NC1=O. The first-order valence-corrected chi connectivity index (χ1v) is 9.29. The van der Waals surface area contributed by atoms with Crippen molar-refractivity contribution in [2.24, 2.45) is 0 Å². The Morgan fingerprint density at radius 1 is 1.21 bits per heavy atom. The van der Waals surface area contributed by atoms with Crippen molar-refractivity contribution < 1.29 is 4.79 Å². The molecule has 1 aliphatic rings. The Kier molecular flexibility index (Phi) is 5.63. The molecule has 0 aromatic heterocycles.